The number of pyridine rings is 2. The predicted octanol–water partition coefficient (Wildman–Crippen LogP) is 3.50. The summed E-state index contributed by atoms with van der Waals surface area (Å²) < 4.78 is 52.5. The lowest BCUT2D eigenvalue weighted by Gasteiger charge is -2.15. The minimum atomic E-state index is -4.77. The minimum Gasteiger partial charge on any atom is -0.618 e. The van der Waals surface area contributed by atoms with Gasteiger partial charge in [0, 0.05) is 17.8 Å². The molecule has 0 fully saturated rings. The quantitative estimate of drug-likeness (QED) is 0.363. The van der Waals surface area contributed by atoms with Gasteiger partial charge in [-0.25, -0.2) is 14.1 Å². The van der Waals surface area contributed by atoms with Crippen LogP contribution in [0.15, 0.2) is 42.9 Å². The summed E-state index contributed by atoms with van der Waals surface area (Å²) in [5.74, 6) is -0.703. The molecule has 0 aliphatic heterocycles. The molecule has 0 saturated heterocycles. The van der Waals surface area contributed by atoms with E-state index in [-0.39, 0.29) is 15.9 Å². The van der Waals surface area contributed by atoms with Crippen molar-refractivity contribution in [3.05, 3.63) is 76.4 Å². The fraction of sp³-hybridized carbons (Fsp3) is 0.300. The Balaban J connectivity index is 1.83. The second kappa shape index (κ2) is 8.70. The van der Waals surface area contributed by atoms with Crippen LogP contribution in [-0.4, -0.2) is 20.7 Å². The molecule has 3 aromatic rings. The molecule has 0 aromatic carbocycles. The Morgan fingerprint density at radius 2 is 2.03 bits per heavy atom. The van der Waals surface area contributed by atoms with Crippen LogP contribution in [0.4, 0.5) is 17.6 Å². The molecular formula is C20H19F4N5O2. The largest absolute Gasteiger partial charge is 0.618 e. The molecule has 0 bridgehead atoms. The Hall–Kier alpha value is -3.50. The van der Waals surface area contributed by atoms with Crippen LogP contribution in [0.25, 0.3) is 5.82 Å². The first-order valence-corrected chi connectivity index (χ1v) is 9.41. The number of aromatic nitrogens is 4. The van der Waals surface area contributed by atoms with Gasteiger partial charge in [-0.05, 0) is 31.5 Å². The lowest BCUT2D eigenvalue weighted by atomic mass is 10.1. The summed E-state index contributed by atoms with van der Waals surface area (Å²) in [5.41, 5.74) is -0.388. The van der Waals surface area contributed by atoms with Crippen molar-refractivity contribution >= 4 is 5.91 Å². The zero-order valence-electron chi connectivity index (χ0n) is 16.7. The summed E-state index contributed by atoms with van der Waals surface area (Å²) in [4.78, 5) is 16.8. The van der Waals surface area contributed by atoms with Crippen molar-refractivity contribution in [1.82, 2.24) is 20.1 Å². The Morgan fingerprint density at radius 3 is 2.61 bits per heavy atom. The van der Waals surface area contributed by atoms with Gasteiger partial charge in [-0.1, -0.05) is 13.3 Å². The number of hydrogen-bond acceptors (Lipinski definition) is 4. The number of amides is 1. The molecule has 0 unspecified atom stereocenters. The average molecular weight is 437 g/mol. The SMILES string of the molecule is CCCc1nn(-c2ccc(F)cn2)cc1C(=O)N[C@H](C)c1ccc(C(F)(F)F)[n+]([O-])c1. The third-order valence-electron chi connectivity index (χ3n) is 4.54. The molecule has 3 aromatic heterocycles. The number of halogens is 4. The maximum absolute atomic E-state index is 13.1. The highest BCUT2D eigenvalue weighted by molar-refractivity contribution is 5.95. The van der Waals surface area contributed by atoms with Crippen molar-refractivity contribution in [1.29, 1.82) is 0 Å². The van der Waals surface area contributed by atoms with E-state index in [1.807, 2.05) is 6.92 Å². The van der Waals surface area contributed by atoms with Crippen LogP contribution < -0.4 is 10.0 Å². The van der Waals surface area contributed by atoms with Gasteiger partial charge >= 0.3 is 6.18 Å². The van der Waals surface area contributed by atoms with Crippen LogP contribution in [0, 0.1) is 11.0 Å². The number of carbonyl (C=O) groups excluding carboxylic acids is 1. The average Bonchev–Trinajstić information content (AvgIpc) is 3.11. The Morgan fingerprint density at radius 1 is 1.29 bits per heavy atom. The minimum absolute atomic E-state index is 0.209. The summed E-state index contributed by atoms with van der Waals surface area (Å²) in [6, 6.07) is 3.70. The van der Waals surface area contributed by atoms with E-state index in [0.717, 1.165) is 18.5 Å². The number of aryl methyl sites for hydroxylation is 1. The molecule has 31 heavy (non-hydrogen) atoms. The second-order valence-corrected chi connectivity index (χ2v) is 6.89. The first-order valence-electron chi connectivity index (χ1n) is 9.41. The molecule has 1 amide bonds. The van der Waals surface area contributed by atoms with E-state index in [1.165, 1.54) is 23.0 Å². The summed E-state index contributed by atoms with van der Waals surface area (Å²) in [7, 11) is 0. The molecule has 3 rings (SSSR count). The zero-order chi connectivity index (χ0) is 22.8. The van der Waals surface area contributed by atoms with Gasteiger partial charge in [0.25, 0.3) is 11.6 Å². The molecule has 3 heterocycles. The predicted molar refractivity (Wildman–Crippen MR) is 102 cm³/mol. The van der Waals surface area contributed by atoms with Crippen LogP contribution in [-0.2, 0) is 12.6 Å². The standard InChI is InChI=1S/C20H19F4N5O2/c1-3-4-16-15(11-28(27-16)18-8-6-14(21)9-25-18)19(30)26-12(2)13-5-7-17(20(22,23)24)29(31)10-13/h5-12H,3-4H2,1-2H3,(H,26,30)/t12-/m1/s1. The van der Waals surface area contributed by atoms with Crippen LogP contribution in [0.5, 0.6) is 0 Å². The third kappa shape index (κ3) is 4.98. The number of nitrogens with one attached hydrogen (secondary N) is 1. The normalized spacial score (nSPS) is 12.6. The van der Waals surface area contributed by atoms with Gasteiger partial charge in [-0.15, -0.1) is 0 Å². The topological polar surface area (TPSA) is 86.8 Å². The Labute approximate surface area is 174 Å². The van der Waals surface area contributed by atoms with Crippen molar-refractivity contribution in [2.45, 2.75) is 38.9 Å². The summed E-state index contributed by atoms with van der Waals surface area (Å²) in [6.07, 6.45) is -0.308. The van der Waals surface area contributed by atoms with E-state index in [2.05, 4.69) is 15.4 Å². The highest BCUT2D eigenvalue weighted by Gasteiger charge is 2.39. The van der Waals surface area contributed by atoms with Gasteiger partial charge in [0.2, 0.25) is 0 Å². The van der Waals surface area contributed by atoms with Crippen molar-refractivity contribution in [3.63, 3.8) is 0 Å². The molecule has 0 aliphatic carbocycles. The van der Waals surface area contributed by atoms with Gasteiger partial charge in [0.1, 0.15) is 5.82 Å². The van der Waals surface area contributed by atoms with Crippen molar-refractivity contribution in [2.24, 2.45) is 0 Å². The molecule has 1 atom stereocenters. The number of rotatable bonds is 6. The number of carbonyl (C=O) groups is 1. The van der Waals surface area contributed by atoms with Gasteiger partial charge in [-0.3, -0.25) is 4.79 Å². The van der Waals surface area contributed by atoms with E-state index in [4.69, 9.17) is 0 Å². The summed E-state index contributed by atoms with van der Waals surface area (Å²) >= 11 is 0. The van der Waals surface area contributed by atoms with E-state index >= 15 is 0 Å². The van der Waals surface area contributed by atoms with Gasteiger partial charge < -0.3 is 10.5 Å². The molecule has 0 saturated carbocycles. The molecule has 0 spiro atoms. The molecule has 164 valence electrons. The first-order chi connectivity index (χ1) is 14.6. The smallest absolute Gasteiger partial charge is 0.478 e. The molecule has 0 radical (unpaired) electrons. The maximum Gasteiger partial charge on any atom is 0.478 e. The monoisotopic (exact) mass is 437 g/mol. The van der Waals surface area contributed by atoms with Crippen molar-refractivity contribution < 1.29 is 27.1 Å². The van der Waals surface area contributed by atoms with Crippen LogP contribution >= 0.6 is 0 Å². The van der Waals surface area contributed by atoms with E-state index in [0.29, 0.717) is 30.4 Å². The fourth-order valence-corrected chi connectivity index (χ4v) is 2.97. The molecule has 7 nitrogen and oxygen atoms in total. The van der Waals surface area contributed by atoms with Gasteiger partial charge in [-0.2, -0.15) is 23.0 Å². The lowest BCUT2D eigenvalue weighted by Crippen LogP contribution is -2.38. The van der Waals surface area contributed by atoms with E-state index in [9.17, 15) is 27.6 Å². The molecular weight excluding hydrogens is 418 g/mol. The Kier molecular flexibility index (Phi) is 6.23. The highest BCUT2D eigenvalue weighted by atomic mass is 19.4. The van der Waals surface area contributed by atoms with Gasteiger partial charge in [0.05, 0.1) is 23.5 Å². The number of alkyl halides is 3. The van der Waals surface area contributed by atoms with Crippen molar-refractivity contribution in [3.8, 4) is 5.82 Å². The van der Waals surface area contributed by atoms with Gasteiger partial charge in [0.15, 0.2) is 12.0 Å². The first kappa shape index (κ1) is 22.2. The summed E-state index contributed by atoms with van der Waals surface area (Å²) in [6.45, 7) is 3.46. The van der Waals surface area contributed by atoms with Crippen molar-refractivity contribution in [2.75, 3.05) is 0 Å². The molecule has 1 N–H and O–H groups in total. The second-order valence-electron chi connectivity index (χ2n) is 6.89. The maximum atomic E-state index is 13.1. The van der Waals surface area contributed by atoms with Crippen LogP contribution in [0.3, 0.4) is 0 Å². The zero-order valence-corrected chi connectivity index (χ0v) is 16.7. The van der Waals surface area contributed by atoms with E-state index in [1.54, 1.807) is 6.92 Å². The third-order valence-corrected chi connectivity index (χ3v) is 4.54. The summed E-state index contributed by atoms with van der Waals surface area (Å²) in [5, 5.41) is 18.7. The highest BCUT2D eigenvalue weighted by Crippen LogP contribution is 2.27. The fourth-order valence-electron chi connectivity index (χ4n) is 2.97. The van der Waals surface area contributed by atoms with Crippen LogP contribution in [0.2, 0.25) is 0 Å². The lowest BCUT2D eigenvalue weighted by molar-refractivity contribution is -0.629. The number of hydrogen-bond donors (Lipinski definition) is 1. The molecule has 0 aliphatic rings. The number of nitrogens with zero attached hydrogens (tertiary/aromatic N) is 4. The molecule has 11 heteroatoms. The van der Waals surface area contributed by atoms with E-state index < -0.39 is 29.6 Å². The Bertz CT molecular complexity index is 1080. The van der Waals surface area contributed by atoms with Crippen LogP contribution in [0.1, 0.15) is 53.6 Å².